The summed E-state index contributed by atoms with van der Waals surface area (Å²) in [5, 5.41) is 11.4. The average Bonchev–Trinajstić information content (AvgIpc) is 1.84. The van der Waals surface area contributed by atoms with Crippen molar-refractivity contribution >= 4 is 6.09 Å². The van der Waals surface area contributed by atoms with Crippen molar-refractivity contribution in [2.24, 2.45) is 0 Å². The molecule has 0 heterocycles. The summed E-state index contributed by atoms with van der Waals surface area (Å²) in [6.45, 7) is 0. The number of rotatable bonds is 1. The van der Waals surface area contributed by atoms with Gasteiger partial charge in [-0.1, -0.05) is 0 Å². The Morgan fingerprint density at radius 2 is 2.30 bits per heavy atom. The molecule has 0 spiro atoms. The lowest BCUT2D eigenvalue weighted by Crippen LogP contribution is -2.46. The second-order valence-electron chi connectivity index (χ2n) is 2.46. The molecule has 4 nitrogen and oxygen atoms in total. The highest BCUT2D eigenvalue weighted by Crippen LogP contribution is 2.18. The van der Waals surface area contributed by atoms with E-state index in [4.69, 9.17) is 5.11 Å². The monoisotopic (exact) mass is 145 g/mol. The van der Waals surface area contributed by atoms with Gasteiger partial charge in [0.1, 0.15) is 0 Å². The minimum atomic E-state index is -0.420. The predicted molar refractivity (Wildman–Crippen MR) is 34.6 cm³/mol. The van der Waals surface area contributed by atoms with Crippen LogP contribution in [-0.4, -0.2) is 30.5 Å². The summed E-state index contributed by atoms with van der Waals surface area (Å²) in [7, 11) is 1.32. The van der Waals surface area contributed by atoms with Gasteiger partial charge in [-0.15, -0.1) is 0 Å². The molecule has 0 aromatic carbocycles. The van der Waals surface area contributed by atoms with Gasteiger partial charge in [-0.2, -0.15) is 0 Å². The molecule has 10 heavy (non-hydrogen) atoms. The molecule has 58 valence electrons. The highest BCUT2D eigenvalue weighted by atomic mass is 16.5. The lowest BCUT2D eigenvalue weighted by Gasteiger charge is -2.31. The van der Waals surface area contributed by atoms with Crippen LogP contribution in [0.1, 0.15) is 12.8 Å². The van der Waals surface area contributed by atoms with Gasteiger partial charge in [-0.05, 0) is 12.8 Å². The highest BCUT2D eigenvalue weighted by molar-refractivity contribution is 5.67. The molecule has 0 unspecified atom stereocenters. The minimum Gasteiger partial charge on any atom is -0.453 e. The normalized spacial score (nSPS) is 30.6. The standard InChI is InChI=1S/C6H11NO3/c1-10-6(9)7-4-2-5(8)3-4/h4-5,8H,2-3H2,1H3,(H,7,9). The second-order valence-corrected chi connectivity index (χ2v) is 2.46. The van der Waals surface area contributed by atoms with Crippen LogP contribution in [0.15, 0.2) is 0 Å². The van der Waals surface area contributed by atoms with E-state index >= 15 is 0 Å². The quantitative estimate of drug-likeness (QED) is 0.540. The summed E-state index contributed by atoms with van der Waals surface area (Å²) in [6, 6.07) is 0.113. The van der Waals surface area contributed by atoms with Crippen LogP contribution in [0.25, 0.3) is 0 Å². The molecule has 0 aromatic heterocycles. The summed E-state index contributed by atoms with van der Waals surface area (Å²) in [5.74, 6) is 0. The largest absolute Gasteiger partial charge is 0.453 e. The van der Waals surface area contributed by atoms with Crippen LogP contribution in [0.4, 0.5) is 4.79 Å². The number of carbonyl (C=O) groups is 1. The van der Waals surface area contributed by atoms with Crippen LogP contribution in [0.2, 0.25) is 0 Å². The first-order valence-electron chi connectivity index (χ1n) is 3.25. The van der Waals surface area contributed by atoms with Crippen molar-refractivity contribution in [3.63, 3.8) is 0 Å². The first-order valence-corrected chi connectivity index (χ1v) is 3.25. The van der Waals surface area contributed by atoms with Crippen molar-refractivity contribution in [2.45, 2.75) is 25.0 Å². The van der Waals surface area contributed by atoms with Crippen LogP contribution in [0.5, 0.6) is 0 Å². The average molecular weight is 145 g/mol. The van der Waals surface area contributed by atoms with E-state index in [0.29, 0.717) is 12.8 Å². The van der Waals surface area contributed by atoms with E-state index in [1.165, 1.54) is 7.11 Å². The SMILES string of the molecule is COC(=O)NC1CC(O)C1. The number of aliphatic hydroxyl groups is 1. The van der Waals surface area contributed by atoms with Crippen molar-refractivity contribution in [3.8, 4) is 0 Å². The Kier molecular flexibility index (Phi) is 2.11. The van der Waals surface area contributed by atoms with E-state index in [1.54, 1.807) is 0 Å². The van der Waals surface area contributed by atoms with E-state index < -0.39 is 6.09 Å². The summed E-state index contributed by atoms with van der Waals surface area (Å²) >= 11 is 0. The molecule has 1 aliphatic carbocycles. The molecule has 0 saturated heterocycles. The van der Waals surface area contributed by atoms with Gasteiger partial charge in [0.2, 0.25) is 0 Å². The van der Waals surface area contributed by atoms with Gasteiger partial charge in [0.15, 0.2) is 0 Å². The maximum Gasteiger partial charge on any atom is 0.407 e. The van der Waals surface area contributed by atoms with E-state index in [-0.39, 0.29) is 12.1 Å². The molecule has 1 amide bonds. The first kappa shape index (κ1) is 7.34. The van der Waals surface area contributed by atoms with Gasteiger partial charge >= 0.3 is 6.09 Å². The van der Waals surface area contributed by atoms with Gasteiger partial charge in [0.05, 0.1) is 13.2 Å². The molecule has 0 atom stereocenters. The van der Waals surface area contributed by atoms with Crippen molar-refractivity contribution < 1.29 is 14.6 Å². The summed E-state index contributed by atoms with van der Waals surface area (Å²) in [6.07, 6.45) is 0.642. The number of ether oxygens (including phenoxy) is 1. The molecule has 1 fully saturated rings. The van der Waals surface area contributed by atoms with Crippen molar-refractivity contribution in [2.75, 3.05) is 7.11 Å². The van der Waals surface area contributed by atoms with Crippen molar-refractivity contribution in [3.05, 3.63) is 0 Å². The fraction of sp³-hybridized carbons (Fsp3) is 0.833. The molecular weight excluding hydrogens is 134 g/mol. The summed E-state index contributed by atoms with van der Waals surface area (Å²) in [5.41, 5.74) is 0. The molecule has 0 aromatic rings. The van der Waals surface area contributed by atoms with Crippen molar-refractivity contribution in [1.29, 1.82) is 0 Å². The topological polar surface area (TPSA) is 58.6 Å². The lowest BCUT2D eigenvalue weighted by molar-refractivity contribution is 0.0604. The number of hydrogen-bond donors (Lipinski definition) is 2. The first-order chi connectivity index (χ1) is 4.72. The Labute approximate surface area is 59.2 Å². The molecule has 4 heteroatoms. The van der Waals surface area contributed by atoms with Crippen LogP contribution >= 0.6 is 0 Å². The van der Waals surface area contributed by atoms with Crippen LogP contribution < -0.4 is 5.32 Å². The molecule has 0 aliphatic heterocycles. The Balaban J connectivity index is 2.10. The van der Waals surface area contributed by atoms with E-state index in [9.17, 15) is 4.79 Å². The van der Waals surface area contributed by atoms with E-state index in [0.717, 1.165) is 0 Å². The number of methoxy groups -OCH3 is 1. The Morgan fingerprint density at radius 3 is 2.70 bits per heavy atom. The van der Waals surface area contributed by atoms with Gasteiger partial charge in [0, 0.05) is 6.04 Å². The summed E-state index contributed by atoms with van der Waals surface area (Å²) < 4.78 is 4.36. The number of hydrogen-bond acceptors (Lipinski definition) is 3. The molecular formula is C6H11NO3. The number of amides is 1. The van der Waals surface area contributed by atoms with Gasteiger partial charge in [0.25, 0.3) is 0 Å². The van der Waals surface area contributed by atoms with Crippen LogP contribution in [0, 0.1) is 0 Å². The maximum absolute atomic E-state index is 10.5. The number of alkyl carbamates (subject to hydrolysis) is 1. The zero-order valence-electron chi connectivity index (χ0n) is 5.83. The Hall–Kier alpha value is -0.770. The zero-order valence-corrected chi connectivity index (χ0v) is 5.83. The number of aliphatic hydroxyl groups excluding tert-OH is 1. The molecule has 2 N–H and O–H groups in total. The van der Waals surface area contributed by atoms with Gasteiger partial charge < -0.3 is 15.2 Å². The van der Waals surface area contributed by atoms with Crippen LogP contribution in [0.3, 0.4) is 0 Å². The maximum atomic E-state index is 10.5. The third-order valence-corrected chi connectivity index (χ3v) is 1.62. The smallest absolute Gasteiger partial charge is 0.407 e. The lowest BCUT2D eigenvalue weighted by atomic mass is 9.90. The molecule has 1 aliphatic rings. The molecule has 0 bridgehead atoms. The van der Waals surface area contributed by atoms with Gasteiger partial charge in [-0.3, -0.25) is 0 Å². The number of nitrogens with one attached hydrogen (secondary N) is 1. The fourth-order valence-electron chi connectivity index (χ4n) is 0.931. The third kappa shape index (κ3) is 1.60. The molecule has 1 rings (SSSR count). The molecule has 1 saturated carbocycles. The van der Waals surface area contributed by atoms with E-state index in [2.05, 4.69) is 10.1 Å². The number of carbonyl (C=O) groups excluding carboxylic acids is 1. The molecule has 0 radical (unpaired) electrons. The predicted octanol–water partition coefficient (Wildman–Crippen LogP) is -0.134. The Bertz CT molecular complexity index is 131. The van der Waals surface area contributed by atoms with Crippen molar-refractivity contribution in [1.82, 2.24) is 5.32 Å². The van der Waals surface area contributed by atoms with Crippen LogP contribution in [-0.2, 0) is 4.74 Å². The Morgan fingerprint density at radius 1 is 1.70 bits per heavy atom. The summed E-state index contributed by atoms with van der Waals surface area (Å²) in [4.78, 5) is 10.5. The third-order valence-electron chi connectivity index (χ3n) is 1.62. The minimum absolute atomic E-state index is 0.113. The van der Waals surface area contributed by atoms with E-state index in [1.807, 2.05) is 0 Å². The second kappa shape index (κ2) is 2.88. The zero-order chi connectivity index (χ0) is 7.56. The fourth-order valence-corrected chi connectivity index (χ4v) is 0.931. The highest BCUT2D eigenvalue weighted by Gasteiger charge is 2.28. The van der Waals surface area contributed by atoms with Gasteiger partial charge in [-0.25, -0.2) is 4.79 Å².